The summed E-state index contributed by atoms with van der Waals surface area (Å²) in [7, 11) is 0. The number of hydrogen-bond acceptors (Lipinski definition) is 5. The maximum Gasteiger partial charge on any atom is 0.252 e. The molecule has 0 fully saturated rings. The summed E-state index contributed by atoms with van der Waals surface area (Å²) in [6.07, 6.45) is 7.42. The molecular weight excluding hydrogens is 478 g/mol. The van der Waals surface area contributed by atoms with Gasteiger partial charge in [-0.15, -0.1) is 0 Å². The highest BCUT2D eigenvalue weighted by Gasteiger charge is 2.13. The van der Waals surface area contributed by atoms with Crippen molar-refractivity contribution >= 4 is 46.4 Å². The molecule has 4 N–H and O–H groups in total. The molecular formula is C30H27N5OS. The number of rotatable bonds is 9. The van der Waals surface area contributed by atoms with Crippen LogP contribution in [0.4, 0.5) is 5.69 Å². The number of nitrogens with zero attached hydrogens (tertiary/aromatic N) is 2. The van der Waals surface area contributed by atoms with Crippen molar-refractivity contribution in [2.75, 3.05) is 12.3 Å². The van der Waals surface area contributed by atoms with Gasteiger partial charge in [0.2, 0.25) is 0 Å². The SMILES string of the molecule is Nc1ccc(CCCNC(=O)c2ccccc2Sc2ccc3c(C=Cc4ccccn4)n[nH]c3c2)cc1. The van der Waals surface area contributed by atoms with Gasteiger partial charge in [-0.05, 0) is 85.2 Å². The average Bonchev–Trinajstić information content (AvgIpc) is 3.34. The lowest BCUT2D eigenvalue weighted by Gasteiger charge is -2.10. The topological polar surface area (TPSA) is 96.7 Å². The van der Waals surface area contributed by atoms with E-state index in [0.717, 1.165) is 50.6 Å². The molecule has 6 nitrogen and oxygen atoms in total. The Morgan fingerprint density at radius 3 is 2.65 bits per heavy atom. The number of nitrogen functional groups attached to an aromatic ring is 1. The Labute approximate surface area is 220 Å². The summed E-state index contributed by atoms with van der Waals surface area (Å²) in [5.74, 6) is -0.0648. The van der Waals surface area contributed by atoms with Crippen molar-refractivity contribution in [2.24, 2.45) is 0 Å². The lowest BCUT2D eigenvalue weighted by atomic mass is 10.1. The molecule has 5 aromatic rings. The highest BCUT2D eigenvalue weighted by atomic mass is 32.2. The van der Waals surface area contributed by atoms with Crippen LogP contribution in [0.25, 0.3) is 23.1 Å². The zero-order valence-electron chi connectivity index (χ0n) is 20.2. The molecule has 0 aliphatic heterocycles. The van der Waals surface area contributed by atoms with Crippen molar-refractivity contribution in [3.63, 3.8) is 0 Å². The van der Waals surface area contributed by atoms with E-state index < -0.39 is 0 Å². The Balaban J connectivity index is 1.23. The van der Waals surface area contributed by atoms with E-state index in [1.54, 1.807) is 18.0 Å². The number of nitrogens with one attached hydrogen (secondary N) is 2. The fraction of sp³-hybridized carbons (Fsp3) is 0.100. The van der Waals surface area contributed by atoms with Crippen molar-refractivity contribution in [3.05, 3.63) is 114 Å². The number of hydrogen-bond donors (Lipinski definition) is 3. The molecule has 184 valence electrons. The molecule has 3 aromatic carbocycles. The number of H-pyrrole nitrogens is 1. The minimum absolute atomic E-state index is 0.0648. The first-order chi connectivity index (χ1) is 18.2. The van der Waals surface area contributed by atoms with E-state index in [1.165, 1.54) is 5.56 Å². The number of aromatic nitrogens is 3. The standard InChI is InChI=1S/C30H27N5OS/c31-22-12-10-21(11-13-22)6-5-19-33-30(36)26-8-1-2-9-29(26)37-24-15-16-25-27(34-35-28(25)20-24)17-14-23-7-3-4-18-32-23/h1-4,7-18,20H,5-6,19,31H2,(H,33,36)(H,34,35). The Kier molecular flexibility index (Phi) is 7.62. The first-order valence-electron chi connectivity index (χ1n) is 12.1. The van der Waals surface area contributed by atoms with Crippen molar-refractivity contribution in [2.45, 2.75) is 22.6 Å². The van der Waals surface area contributed by atoms with Gasteiger partial charge >= 0.3 is 0 Å². The number of pyridine rings is 1. The number of nitrogens with two attached hydrogens (primary N) is 1. The van der Waals surface area contributed by atoms with Crippen LogP contribution in [0.2, 0.25) is 0 Å². The van der Waals surface area contributed by atoms with Gasteiger partial charge < -0.3 is 11.1 Å². The van der Waals surface area contributed by atoms with Crippen LogP contribution in [0.15, 0.2) is 101 Å². The maximum absolute atomic E-state index is 12.9. The van der Waals surface area contributed by atoms with Crippen molar-refractivity contribution < 1.29 is 4.79 Å². The predicted molar refractivity (Wildman–Crippen MR) is 151 cm³/mol. The second-order valence-corrected chi connectivity index (χ2v) is 9.72. The van der Waals surface area contributed by atoms with Crippen LogP contribution in [0, 0.1) is 0 Å². The fourth-order valence-electron chi connectivity index (χ4n) is 3.99. The minimum Gasteiger partial charge on any atom is -0.399 e. The van der Waals surface area contributed by atoms with E-state index in [0.29, 0.717) is 12.1 Å². The molecule has 2 aromatic heterocycles. The Hall–Kier alpha value is -4.36. The quantitative estimate of drug-likeness (QED) is 0.163. The largest absolute Gasteiger partial charge is 0.399 e. The van der Waals surface area contributed by atoms with Gasteiger partial charge in [-0.25, -0.2) is 0 Å². The molecule has 37 heavy (non-hydrogen) atoms. The minimum atomic E-state index is -0.0648. The summed E-state index contributed by atoms with van der Waals surface area (Å²) in [5, 5.41) is 11.7. The number of aryl methyl sites for hydroxylation is 1. The van der Waals surface area contributed by atoms with Crippen LogP contribution in [-0.2, 0) is 6.42 Å². The van der Waals surface area contributed by atoms with Crippen LogP contribution < -0.4 is 11.1 Å². The number of aromatic amines is 1. The average molecular weight is 506 g/mol. The number of fused-ring (bicyclic) bond motifs is 1. The van der Waals surface area contributed by atoms with Crippen molar-refractivity contribution in [3.8, 4) is 0 Å². The molecule has 0 bridgehead atoms. The molecule has 0 saturated heterocycles. The molecule has 1 amide bonds. The van der Waals surface area contributed by atoms with Crippen LogP contribution in [0.5, 0.6) is 0 Å². The van der Waals surface area contributed by atoms with Crippen LogP contribution in [0.1, 0.15) is 33.7 Å². The molecule has 0 spiro atoms. The van der Waals surface area contributed by atoms with Gasteiger partial charge in [0.25, 0.3) is 5.91 Å². The summed E-state index contributed by atoms with van der Waals surface area (Å²) < 4.78 is 0. The molecule has 5 rings (SSSR count). The summed E-state index contributed by atoms with van der Waals surface area (Å²) in [6.45, 7) is 0.608. The first-order valence-corrected chi connectivity index (χ1v) is 12.9. The Morgan fingerprint density at radius 2 is 1.81 bits per heavy atom. The van der Waals surface area contributed by atoms with E-state index in [1.807, 2.05) is 78.9 Å². The molecule has 7 heteroatoms. The van der Waals surface area contributed by atoms with Gasteiger partial charge in [-0.2, -0.15) is 5.10 Å². The molecule has 0 aliphatic carbocycles. The molecule has 0 aliphatic rings. The van der Waals surface area contributed by atoms with Gasteiger partial charge in [0.05, 0.1) is 22.5 Å². The molecule has 0 atom stereocenters. The summed E-state index contributed by atoms with van der Waals surface area (Å²) in [6, 6.07) is 27.5. The number of carbonyl (C=O) groups excluding carboxylic acids is 1. The molecule has 0 radical (unpaired) electrons. The monoisotopic (exact) mass is 505 g/mol. The third-order valence-electron chi connectivity index (χ3n) is 5.93. The van der Waals surface area contributed by atoms with Gasteiger partial charge in [-0.3, -0.25) is 14.9 Å². The second kappa shape index (κ2) is 11.6. The summed E-state index contributed by atoms with van der Waals surface area (Å²) in [4.78, 5) is 19.2. The molecule has 0 unspecified atom stereocenters. The first kappa shape index (κ1) is 24.3. The lowest BCUT2D eigenvalue weighted by molar-refractivity contribution is 0.0950. The van der Waals surface area contributed by atoms with Gasteiger partial charge in [0.15, 0.2) is 0 Å². The van der Waals surface area contributed by atoms with E-state index in [2.05, 4.69) is 38.7 Å². The van der Waals surface area contributed by atoms with E-state index >= 15 is 0 Å². The highest BCUT2D eigenvalue weighted by Crippen LogP contribution is 2.33. The maximum atomic E-state index is 12.9. The van der Waals surface area contributed by atoms with Crippen LogP contribution in [0.3, 0.4) is 0 Å². The third-order valence-corrected chi connectivity index (χ3v) is 7.00. The molecule has 2 heterocycles. The zero-order chi connectivity index (χ0) is 25.5. The Bertz CT molecular complexity index is 1530. The van der Waals surface area contributed by atoms with Crippen LogP contribution >= 0.6 is 11.8 Å². The van der Waals surface area contributed by atoms with Gasteiger partial charge in [-0.1, -0.05) is 42.1 Å². The normalized spacial score (nSPS) is 11.2. The predicted octanol–water partition coefficient (Wildman–Crippen LogP) is 6.22. The number of benzene rings is 3. The van der Waals surface area contributed by atoms with Crippen molar-refractivity contribution in [1.82, 2.24) is 20.5 Å². The summed E-state index contributed by atoms with van der Waals surface area (Å²) >= 11 is 1.57. The fourth-order valence-corrected chi connectivity index (χ4v) is 4.98. The number of carbonyl (C=O) groups is 1. The number of amides is 1. The van der Waals surface area contributed by atoms with Crippen molar-refractivity contribution in [1.29, 1.82) is 0 Å². The van der Waals surface area contributed by atoms with Gasteiger partial charge in [0, 0.05) is 33.6 Å². The molecule has 0 saturated carbocycles. The lowest BCUT2D eigenvalue weighted by Crippen LogP contribution is -2.25. The van der Waals surface area contributed by atoms with E-state index in [4.69, 9.17) is 5.73 Å². The highest BCUT2D eigenvalue weighted by molar-refractivity contribution is 7.99. The smallest absolute Gasteiger partial charge is 0.252 e. The number of anilines is 1. The second-order valence-electron chi connectivity index (χ2n) is 8.60. The summed E-state index contributed by atoms with van der Waals surface area (Å²) in [5.41, 5.74) is 11.1. The van der Waals surface area contributed by atoms with E-state index in [9.17, 15) is 4.79 Å². The third kappa shape index (κ3) is 6.26. The Morgan fingerprint density at radius 1 is 0.973 bits per heavy atom. The van der Waals surface area contributed by atoms with Crippen LogP contribution in [-0.4, -0.2) is 27.6 Å². The zero-order valence-corrected chi connectivity index (χ0v) is 21.0. The van der Waals surface area contributed by atoms with E-state index in [-0.39, 0.29) is 5.91 Å². The van der Waals surface area contributed by atoms with Gasteiger partial charge in [0.1, 0.15) is 0 Å².